The number of nitrogens with zero attached hydrogens (tertiary/aromatic N) is 1. The Bertz CT molecular complexity index is 801. The van der Waals surface area contributed by atoms with Crippen LogP contribution in [0.25, 0.3) is 0 Å². The third kappa shape index (κ3) is 6.77. The van der Waals surface area contributed by atoms with Crippen molar-refractivity contribution in [3.63, 3.8) is 0 Å². The molecule has 0 unspecified atom stereocenters. The van der Waals surface area contributed by atoms with Crippen LogP contribution in [0.5, 0.6) is 5.88 Å². The van der Waals surface area contributed by atoms with Gasteiger partial charge in [0.25, 0.3) is 5.91 Å². The summed E-state index contributed by atoms with van der Waals surface area (Å²) in [4.78, 5) is 38.4. The zero-order valence-corrected chi connectivity index (χ0v) is 15.1. The Morgan fingerprint density at radius 2 is 1.81 bits per heavy atom. The van der Waals surface area contributed by atoms with E-state index in [4.69, 9.17) is 9.84 Å². The molecule has 0 saturated heterocycles. The minimum absolute atomic E-state index is 0.00176. The Hall–Kier alpha value is -3.42. The number of amides is 2. The summed E-state index contributed by atoms with van der Waals surface area (Å²) in [6.45, 7) is 3.37. The zero-order valence-electron chi connectivity index (χ0n) is 15.1. The van der Waals surface area contributed by atoms with Crippen molar-refractivity contribution in [1.29, 1.82) is 0 Å². The highest BCUT2D eigenvalue weighted by atomic mass is 16.5. The molecule has 0 bridgehead atoms. The number of aliphatic carboxylic acids is 1. The SMILES string of the molecule is CC(C)Oc1ccc(C(=O)Nc2ccc(CC(=O)NCC(=O)O)cc2)cn1. The van der Waals surface area contributed by atoms with E-state index in [2.05, 4.69) is 15.6 Å². The zero-order chi connectivity index (χ0) is 19.8. The summed E-state index contributed by atoms with van der Waals surface area (Å²) in [5, 5.41) is 13.6. The van der Waals surface area contributed by atoms with E-state index in [-0.39, 0.29) is 24.3 Å². The molecule has 1 heterocycles. The molecule has 3 N–H and O–H groups in total. The van der Waals surface area contributed by atoms with E-state index in [1.807, 2.05) is 13.8 Å². The second-order valence-electron chi connectivity index (χ2n) is 6.05. The number of pyridine rings is 1. The van der Waals surface area contributed by atoms with Crippen LogP contribution in [-0.4, -0.2) is 40.5 Å². The molecule has 0 aliphatic heterocycles. The average molecular weight is 371 g/mol. The average Bonchev–Trinajstić information content (AvgIpc) is 2.61. The molecule has 2 aromatic rings. The van der Waals surface area contributed by atoms with Crippen LogP contribution in [0.4, 0.5) is 5.69 Å². The lowest BCUT2D eigenvalue weighted by molar-refractivity contribution is -0.137. The highest BCUT2D eigenvalue weighted by Gasteiger charge is 2.09. The first kappa shape index (κ1) is 19.9. The van der Waals surface area contributed by atoms with Gasteiger partial charge in [-0.2, -0.15) is 0 Å². The van der Waals surface area contributed by atoms with E-state index in [1.54, 1.807) is 36.4 Å². The molecule has 8 nitrogen and oxygen atoms in total. The molecule has 1 aromatic carbocycles. The summed E-state index contributed by atoms with van der Waals surface area (Å²) in [6.07, 6.45) is 1.50. The molecule has 0 aliphatic rings. The fourth-order valence-electron chi connectivity index (χ4n) is 2.16. The molecule has 142 valence electrons. The summed E-state index contributed by atoms with van der Waals surface area (Å²) in [5.74, 6) is -1.35. The maximum absolute atomic E-state index is 12.2. The van der Waals surface area contributed by atoms with E-state index in [0.717, 1.165) is 0 Å². The Kier molecular flexibility index (Phi) is 6.87. The van der Waals surface area contributed by atoms with Gasteiger partial charge in [-0.3, -0.25) is 14.4 Å². The van der Waals surface area contributed by atoms with Crippen molar-refractivity contribution < 1.29 is 24.2 Å². The van der Waals surface area contributed by atoms with Crippen LogP contribution in [0, 0.1) is 0 Å². The van der Waals surface area contributed by atoms with Crippen LogP contribution in [0.2, 0.25) is 0 Å². The lowest BCUT2D eigenvalue weighted by atomic mass is 10.1. The van der Waals surface area contributed by atoms with Gasteiger partial charge in [0, 0.05) is 18.0 Å². The first-order valence-electron chi connectivity index (χ1n) is 8.35. The number of carbonyl (C=O) groups excluding carboxylic acids is 2. The number of hydrogen-bond acceptors (Lipinski definition) is 5. The molecule has 0 aliphatic carbocycles. The molecule has 27 heavy (non-hydrogen) atoms. The topological polar surface area (TPSA) is 118 Å². The fraction of sp³-hybridized carbons (Fsp3) is 0.263. The second-order valence-corrected chi connectivity index (χ2v) is 6.05. The number of anilines is 1. The van der Waals surface area contributed by atoms with Gasteiger partial charge in [0.05, 0.1) is 18.1 Å². The Morgan fingerprint density at radius 3 is 2.37 bits per heavy atom. The minimum atomic E-state index is -1.10. The number of ether oxygens (including phenoxy) is 1. The maximum atomic E-state index is 12.2. The first-order valence-corrected chi connectivity index (χ1v) is 8.35. The maximum Gasteiger partial charge on any atom is 0.322 e. The predicted molar refractivity (Wildman–Crippen MR) is 98.7 cm³/mol. The number of nitrogens with one attached hydrogen (secondary N) is 2. The normalized spacial score (nSPS) is 10.3. The number of carbonyl (C=O) groups is 3. The monoisotopic (exact) mass is 371 g/mol. The first-order chi connectivity index (χ1) is 12.8. The smallest absolute Gasteiger partial charge is 0.322 e. The molecule has 0 saturated carbocycles. The standard InChI is InChI=1S/C19H21N3O5/c1-12(2)27-17-8-5-14(10-21-17)19(26)22-15-6-3-13(4-7-15)9-16(23)20-11-18(24)25/h3-8,10,12H,9,11H2,1-2H3,(H,20,23)(H,22,26)(H,24,25). The van der Waals surface area contributed by atoms with Gasteiger partial charge in [0.15, 0.2) is 0 Å². The van der Waals surface area contributed by atoms with Crippen LogP contribution < -0.4 is 15.4 Å². The quantitative estimate of drug-likeness (QED) is 0.652. The van der Waals surface area contributed by atoms with Crippen molar-refractivity contribution in [3.05, 3.63) is 53.7 Å². The van der Waals surface area contributed by atoms with Gasteiger partial charge in [0.1, 0.15) is 6.54 Å². The molecule has 2 amide bonds. The van der Waals surface area contributed by atoms with Gasteiger partial charge in [-0.25, -0.2) is 4.98 Å². The predicted octanol–water partition coefficient (Wildman–Crippen LogP) is 1.86. The van der Waals surface area contributed by atoms with Crippen molar-refractivity contribution in [2.75, 3.05) is 11.9 Å². The van der Waals surface area contributed by atoms with Crippen LogP contribution in [0.3, 0.4) is 0 Å². The van der Waals surface area contributed by atoms with Crippen LogP contribution >= 0.6 is 0 Å². The van der Waals surface area contributed by atoms with E-state index in [1.165, 1.54) is 6.20 Å². The Balaban J connectivity index is 1.90. The summed E-state index contributed by atoms with van der Waals surface area (Å²) in [7, 11) is 0. The number of aromatic nitrogens is 1. The summed E-state index contributed by atoms with van der Waals surface area (Å²) in [6, 6.07) is 9.97. The molecule has 2 rings (SSSR count). The number of hydrogen-bond donors (Lipinski definition) is 3. The van der Waals surface area contributed by atoms with Gasteiger partial charge in [-0.1, -0.05) is 12.1 Å². The van der Waals surface area contributed by atoms with Gasteiger partial charge >= 0.3 is 5.97 Å². The van der Waals surface area contributed by atoms with Crippen LogP contribution in [0.1, 0.15) is 29.8 Å². The lowest BCUT2D eigenvalue weighted by Gasteiger charge is -2.09. The third-order valence-corrected chi connectivity index (χ3v) is 3.37. The van der Waals surface area contributed by atoms with E-state index in [9.17, 15) is 14.4 Å². The van der Waals surface area contributed by atoms with Gasteiger partial charge in [-0.15, -0.1) is 0 Å². The van der Waals surface area contributed by atoms with E-state index in [0.29, 0.717) is 22.7 Å². The molecule has 0 spiro atoms. The third-order valence-electron chi connectivity index (χ3n) is 3.37. The fourth-order valence-corrected chi connectivity index (χ4v) is 2.16. The van der Waals surface area contributed by atoms with Gasteiger partial charge in [0.2, 0.25) is 11.8 Å². The Labute approximate surface area is 156 Å². The molecule has 8 heteroatoms. The largest absolute Gasteiger partial charge is 0.480 e. The van der Waals surface area contributed by atoms with E-state index < -0.39 is 12.5 Å². The Morgan fingerprint density at radius 1 is 1.11 bits per heavy atom. The van der Waals surface area contributed by atoms with Crippen molar-refractivity contribution in [2.45, 2.75) is 26.4 Å². The highest BCUT2D eigenvalue weighted by molar-refractivity contribution is 6.04. The van der Waals surface area contributed by atoms with Crippen LogP contribution in [0.15, 0.2) is 42.6 Å². The number of rotatable bonds is 8. The van der Waals surface area contributed by atoms with Gasteiger partial charge in [-0.05, 0) is 37.6 Å². The van der Waals surface area contributed by atoms with Crippen LogP contribution in [-0.2, 0) is 16.0 Å². The lowest BCUT2D eigenvalue weighted by Crippen LogP contribution is -2.30. The van der Waals surface area contributed by atoms with E-state index >= 15 is 0 Å². The van der Waals surface area contributed by atoms with Crippen molar-refractivity contribution >= 4 is 23.5 Å². The van der Waals surface area contributed by atoms with Crippen molar-refractivity contribution in [3.8, 4) is 5.88 Å². The molecular weight excluding hydrogens is 350 g/mol. The van der Waals surface area contributed by atoms with Gasteiger partial charge < -0.3 is 20.5 Å². The number of carboxylic acid groups (broad SMARTS) is 1. The van der Waals surface area contributed by atoms with Crippen molar-refractivity contribution in [2.24, 2.45) is 0 Å². The van der Waals surface area contributed by atoms with Crippen molar-refractivity contribution in [1.82, 2.24) is 10.3 Å². The second kappa shape index (κ2) is 9.33. The summed E-state index contributed by atoms with van der Waals surface area (Å²) in [5.41, 5.74) is 1.66. The molecule has 0 radical (unpaired) electrons. The molecular formula is C19H21N3O5. The number of benzene rings is 1. The highest BCUT2D eigenvalue weighted by Crippen LogP contribution is 2.14. The molecule has 1 aromatic heterocycles. The molecule has 0 fully saturated rings. The summed E-state index contributed by atoms with van der Waals surface area (Å²) >= 11 is 0. The molecule has 0 atom stereocenters. The summed E-state index contributed by atoms with van der Waals surface area (Å²) < 4.78 is 5.43. The minimum Gasteiger partial charge on any atom is -0.480 e. The number of carboxylic acids is 1.